The van der Waals surface area contributed by atoms with Crippen molar-refractivity contribution in [3.63, 3.8) is 0 Å². The van der Waals surface area contributed by atoms with Crippen LogP contribution in [-0.2, 0) is 6.18 Å². The number of benzene rings is 2. The second-order valence-corrected chi connectivity index (χ2v) is 4.61. The lowest BCUT2D eigenvalue weighted by Crippen LogP contribution is -2.17. The Kier molecular flexibility index (Phi) is 3.05. The van der Waals surface area contributed by atoms with Gasteiger partial charge in [-0.15, -0.1) is 0 Å². The minimum absolute atomic E-state index is 0.284. The van der Waals surface area contributed by atoms with Gasteiger partial charge in [-0.1, -0.05) is 18.2 Å². The van der Waals surface area contributed by atoms with Gasteiger partial charge in [-0.2, -0.15) is 13.2 Å². The van der Waals surface area contributed by atoms with Gasteiger partial charge in [0, 0.05) is 11.8 Å². The number of halogens is 3. The van der Waals surface area contributed by atoms with E-state index >= 15 is 0 Å². The maximum absolute atomic E-state index is 12.6. The quantitative estimate of drug-likeness (QED) is 0.663. The molecular weight excluding hydrogens is 279 g/mol. The molecule has 0 unspecified atom stereocenters. The SMILES string of the molecule is O=c1ccc2ccccc2n1-c1ccc(C(F)(F)F)cc1. The van der Waals surface area contributed by atoms with Crippen LogP contribution >= 0.6 is 0 Å². The molecule has 5 heteroatoms. The Balaban J connectivity index is 2.21. The van der Waals surface area contributed by atoms with E-state index in [2.05, 4.69) is 0 Å². The van der Waals surface area contributed by atoms with Gasteiger partial charge in [0.1, 0.15) is 0 Å². The number of hydrogen-bond acceptors (Lipinski definition) is 1. The lowest BCUT2D eigenvalue weighted by molar-refractivity contribution is -0.137. The first-order valence-electron chi connectivity index (χ1n) is 6.25. The van der Waals surface area contributed by atoms with Gasteiger partial charge < -0.3 is 0 Å². The number of para-hydroxylation sites is 1. The molecule has 0 atom stereocenters. The first-order chi connectivity index (χ1) is 9.97. The van der Waals surface area contributed by atoms with Gasteiger partial charge in [0.15, 0.2) is 0 Å². The Labute approximate surface area is 118 Å². The molecule has 2 nitrogen and oxygen atoms in total. The molecular formula is C16H10F3NO. The molecule has 0 aliphatic heterocycles. The van der Waals surface area contributed by atoms with E-state index in [1.807, 2.05) is 12.1 Å². The second kappa shape index (κ2) is 4.77. The fourth-order valence-electron chi connectivity index (χ4n) is 2.25. The highest BCUT2D eigenvalue weighted by Crippen LogP contribution is 2.29. The third-order valence-corrected chi connectivity index (χ3v) is 3.26. The van der Waals surface area contributed by atoms with E-state index in [1.165, 1.54) is 22.8 Å². The third kappa shape index (κ3) is 2.42. The number of hydrogen-bond donors (Lipinski definition) is 0. The van der Waals surface area contributed by atoms with Crippen LogP contribution in [-0.4, -0.2) is 4.57 Å². The average molecular weight is 289 g/mol. The smallest absolute Gasteiger partial charge is 0.277 e. The summed E-state index contributed by atoms with van der Waals surface area (Å²) in [5.74, 6) is 0. The summed E-state index contributed by atoms with van der Waals surface area (Å²) < 4.78 is 39.2. The van der Waals surface area contributed by atoms with Crippen LogP contribution in [0.1, 0.15) is 5.56 Å². The molecule has 0 saturated heterocycles. The van der Waals surface area contributed by atoms with Gasteiger partial charge in [0.2, 0.25) is 0 Å². The lowest BCUT2D eigenvalue weighted by atomic mass is 10.1. The number of pyridine rings is 1. The van der Waals surface area contributed by atoms with Crippen LogP contribution in [0, 0.1) is 0 Å². The highest BCUT2D eigenvalue weighted by atomic mass is 19.4. The van der Waals surface area contributed by atoms with Gasteiger partial charge in [0.25, 0.3) is 5.56 Å². The normalized spacial score (nSPS) is 11.8. The molecule has 0 aliphatic carbocycles. The number of alkyl halides is 3. The van der Waals surface area contributed by atoms with Gasteiger partial charge in [-0.25, -0.2) is 0 Å². The number of rotatable bonds is 1. The molecule has 0 N–H and O–H groups in total. The maximum atomic E-state index is 12.6. The van der Waals surface area contributed by atoms with Crippen LogP contribution in [0.5, 0.6) is 0 Å². The van der Waals surface area contributed by atoms with Crippen LogP contribution in [0.4, 0.5) is 13.2 Å². The first-order valence-corrected chi connectivity index (χ1v) is 6.25. The molecule has 0 aliphatic rings. The van der Waals surface area contributed by atoms with Crippen molar-refractivity contribution in [2.45, 2.75) is 6.18 Å². The predicted octanol–water partition coefficient (Wildman–Crippen LogP) is 4.01. The Morgan fingerprint density at radius 2 is 1.48 bits per heavy atom. The van der Waals surface area contributed by atoms with Crippen molar-refractivity contribution in [3.05, 3.63) is 76.6 Å². The standard InChI is InChI=1S/C16H10F3NO/c17-16(18,19)12-6-8-13(9-7-12)20-14-4-2-1-3-11(14)5-10-15(20)21/h1-10H. The maximum Gasteiger partial charge on any atom is 0.416 e. The fourth-order valence-corrected chi connectivity index (χ4v) is 2.25. The van der Waals surface area contributed by atoms with Crippen molar-refractivity contribution in [1.82, 2.24) is 4.57 Å². The van der Waals surface area contributed by atoms with Crippen molar-refractivity contribution in [2.24, 2.45) is 0 Å². The molecule has 2 aromatic carbocycles. The summed E-state index contributed by atoms with van der Waals surface area (Å²) in [6.45, 7) is 0. The van der Waals surface area contributed by atoms with Crippen LogP contribution in [0.2, 0.25) is 0 Å². The highest BCUT2D eigenvalue weighted by Gasteiger charge is 2.30. The van der Waals surface area contributed by atoms with Crippen LogP contribution in [0.25, 0.3) is 16.6 Å². The van der Waals surface area contributed by atoms with E-state index in [-0.39, 0.29) is 5.56 Å². The van der Waals surface area contributed by atoms with E-state index in [1.54, 1.807) is 18.2 Å². The van der Waals surface area contributed by atoms with E-state index in [9.17, 15) is 18.0 Å². The molecule has 0 radical (unpaired) electrons. The summed E-state index contributed by atoms with van der Waals surface area (Å²) in [6, 6.07) is 14.9. The summed E-state index contributed by atoms with van der Waals surface area (Å²) in [6.07, 6.45) is -4.39. The minimum atomic E-state index is -4.39. The van der Waals surface area contributed by atoms with Crippen molar-refractivity contribution < 1.29 is 13.2 Å². The summed E-state index contributed by atoms with van der Waals surface area (Å²) >= 11 is 0. The molecule has 0 saturated carbocycles. The number of aromatic nitrogens is 1. The molecule has 0 bridgehead atoms. The van der Waals surface area contributed by atoms with E-state index < -0.39 is 11.7 Å². The second-order valence-electron chi connectivity index (χ2n) is 4.61. The number of nitrogens with zero attached hydrogens (tertiary/aromatic N) is 1. The summed E-state index contributed by atoms with van der Waals surface area (Å²) in [7, 11) is 0. The summed E-state index contributed by atoms with van der Waals surface area (Å²) in [5, 5.41) is 0.844. The topological polar surface area (TPSA) is 22.0 Å². The third-order valence-electron chi connectivity index (χ3n) is 3.26. The predicted molar refractivity (Wildman–Crippen MR) is 74.5 cm³/mol. The van der Waals surface area contributed by atoms with Crippen LogP contribution in [0.15, 0.2) is 65.5 Å². The van der Waals surface area contributed by atoms with E-state index in [0.29, 0.717) is 11.2 Å². The molecule has 0 fully saturated rings. The van der Waals surface area contributed by atoms with Crippen LogP contribution < -0.4 is 5.56 Å². The largest absolute Gasteiger partial charge is 0.416 e. The fraction of sp³-hybridized carbons (Fsp3) is 0.0625. The van der Waals surface area contributed by atoms with E-state index in [0.717, 1.165) is 17.5 Å². The summed E-state index contributed by atoms with van der Waals surface area (Å²) in [5.41, 5.74) is 0.0440. The van der Waals surface area contributed by atoms with Crippen molar-refractivity contribution in [3.8, 4) is 5.69 Å². The van der Waals surface area contributed by atoms with Gasteiger partial charge in [-0.3, -0.25) is 9.36 Å². The van der Waals surface area contributed by atoms with E-state index in [4.69, 9.17) is 0 Å². The molecule has 0 spiro atoms. The minimum Gasteiger partial charge on any atom is -0.277 e. The highest BCUT2D eigenvalue weighted by molar-refractivity contribution is 5.80. The Hall–Kier alpha value is -2.56. The molecule has 106 valence electrons. The Bertz CT molecular complexity index is 848. The van der Waals surface area contributed by atoms with Gasteiger partial charge >= 0.3 is 6.18 Å². The van der Waals surface area contributed by atoms with Crippen molar-refractivity contribution in [1.29, 1.82) is 0 Å². The van der Waals surface area contributed by atoms with Crippen molar-refractivity contribution in [2.75, 3.05) is 0 Å². The molecule has 21 heavy (non-hydrogen) atoms. The summed E-state index contributed by atoms with van der Waals surface area (Å²) in [4.78, 5) is 12.1. The van der Waals surface area contributed by atoms with Gasteiger partial charge in [-0.05, 0) is 41.8 Å². The Morgan fingerprint density at radius 1 is 0.810 bits per heavy atom. The average Bonchev–Trinajstić information content (AvgIpc) is 2.46. The first kappa shape index (κ1) is 13.4. The van der Waals surface area contributed by atoms with Crippen molar-refractivity contribution >= 4 is 10.9 Å². The lowest BCUT2D eigenvalue weighted by Gasteiger charge is -2.11. The zero-order chi connectivity index (χ0) is 15.0. The number of fused-ring (bicyclic) bond motifs is 1. The molecule has 1 aromatic heterocycles. The van der Waals surface area contributed by atoms with Crippen LogP contribution in [0.3, 0.4) is 0 Å². The van der Waals surface area contributed by atoms with Gasteiger partial charge in [0.05, 0.1) is 11.1 Å². The molecule has 0 amide bonds. The zero-order valence-corrected chi connectivity index (χ0v) is 10.8. The zero-order valence-electron chi connectivity index (χ0n) is 10.8. The Morgan fingerprint density at radius 3 is 2.14 bits per heavy atom. The molecule has 1 heterocycles. The molecule has 3 rings (SSSR count). The molecule has 3 aromatic rings. The monoisotopic (exact) mass is 289 g/mol.